The van der Waals surface area contributed by atoms with Crippen LogP contribution in [0.4, 0.5) is 17.5 Å². The molecule has 0 spiro atoms. The standard InChI is InChI=1S/C22H37N5O3SSi.C21H35N5OSi.C16H23N5O2S.CH3ClO2S/c1-22-14-25(9-6-18(22)7-11-27(15-22)31(2,28)29)20-19-8-10-26(21(19)24-16-23-20)17-30-12-13-32(3,4)5;1-21-13-22-8-5-17(21)6-9-25(14-21)19-18-7-10-26(20(18)24-15-23-19)16-27-11-12-28(2,3)4;1-16-9-20(15-13-3-6-17-14(13)18-11-19-15)7-4-12(16)5-8-21(10-16)24(2,22)23;1-5(2,3)4/h8,10,16,18H,6-7,9,11-15,17H2,1-5H3;7,10,15,17,22H,5-6,8-9,11-14,16H2,1-4H3;3,6,11-12H,4-5,7-10H2,1-2H3,(H,17,18,19);1H3/t18-,22+;17-,21+;12-,16+;/m101./s1. The van der Waals surface area contributed by atoms with Crippen LogP contribution in [0.15, 0.2) is 55.8 Å². The molecular weight excluding hydrogens is 1250 g/mol. The zero-order valence-electron chi connectivity index (χ0n) is 54.6. The van der Waals surface area contributed by atoms with Crippen molar-refractivity contribution in [1.29, 1.82) is 0 Å². The summed E-state index contributed by atoms with van der Waals surface area (Å²) < 4.78 is 86.4. The highest BCUT2D eigenvalue weighted by Crippen LogP contribution is 2.46. The SMILES string of the molecule is CS(=O)(=O)Cl.C[C@@]12CN(c3ncnc4[nH]ccc34)CC[C@@H]1CCN(S(C)(=O)=O)C2.C[C@@]12CN(c3ncnc4c3ccn4COCC[Si](C)(C)C)CC[C@@H]1CCN(S(C)(=O)=O)C2.C[C@]12CNCC[C@H]1CCN(c1ncnc3c1ccn3COCC[Si](C)(C)C)C2. The summed E-state index contributed by atoms with van der Waals surface area (Å²) in [5, 5.41) is 6.79. The molecule has 0 aromatic carbocycles. The van der Waals surface area contributed by atoms with Gasteiger partial charge < -0.3 is 43.6 Å². The predicted octanol–water partition coefficient (Wildman–Crippen LogP) is 8.45. The summed E-state index contributed by atoms with van der Waals surface area (Å²) in [6.45, 7) is 34.1. The number of nitrogens with one attached hydrogen (secondary N) is 2. The number of piperidine rings is 6. The zero-order valence-corrected chi connectivity index (χ0v) is 59.8. The van der Waals surface area contributed by atoms with E-state index in [9.17, 15) is 25.3 Å². The van der Waals surface area contributed by atoms with Crippen LogP contribution in [-0.4, -0.2) is 205 Å². The number of H-pyrrole nitrogens is 1. The fourth-order valence-corrected chi connectivity index (χ4v) is 17.6. The molecule has 0 aliphatic carbocycles. The largest absolute Gasteiger partial charge is 0.361 e. The van der Waals surface area contributed by atoms with E-state index in [2.05, 4.69) is 149 Å². The minimum Gasteiger partial charge on any atom is -0.361 e. The van der Waals surface area contributed by atoms with Crippen LogP contribution < -0.4 is 20.0 Å². The minimum atomic E-state index is -3.19. The molecule has 12 heterocycles. The summed E-state index contributed by atoms with van der Waals surface area (Å²) in [5.74, 6) is 4.89. The van der Waals surface area contributed by atoms with Crippen LogP contribution >= 0.6 is 10.7 Å². The van der Waals surface area contributed by atoms with Gasteiger partial charge in [-0.25, -0.2) is 63.8 Å². The first-order valence-corrected chi connectivity index (χ1v) is 45.3. The van der Waals surface area contributed by atoms with Crippen molar-refractivity contribution in [3.63, 3.8) is 0 Å². The molecule has 6 atom stereocenters. The van der Waals surface area contributed by atoms with Crippen LogP contribution in [-0.2, 0) is 52.0 Å². The van der Waals surface area contributed by atoms with Crippen LogP contribution in [0.2, 0.25) is 51.4 Å². The quantitative estimate of drug-likeness (QED) is 0.0555. The van der Waals surface area contributed by atoms with E-state index in [4.69, 9.17) is 9.47 Å². The van der Waals surface area contributed by atoms with E-state index in [-0.39, 0.29) is 10.8 Å². The third-order valence-electron chi connectivity index (χ3n) is 19.3. The third-order valence-corrected chi connectivity index (χ3v) is 25.2. The average Bonchev–Trinajstić information content (AvgIpc) is 1.79. The second kappa shape index (κ2) is 27.7. The van der Waals surface area contributed by atoms with Gasteiger partial charge in [-0.3, -0.25) is 0 Å². The summed E-state index contributed by atoms with van der Waals surface area (Å²) in [6.07, 6.45) is 21.0. The number of hydrogen-bond acceptors (Lipinski definition) is 18. The molecule has 6 fully saturated rings. The van der Waals surface area contributed by atoms with E-state index in [1.54, 1.807) is 27.6 Å². The Labute approximate surface area is 535 Å². The smallest absolute Gasteiger partial charge is 0.229 e. The Hall–Kier alpha value is -4.37. The van der Waals surface area contributed by atoms with Gasteiger partial charge in [-0.15, -0.1) is 0 Å². The molecule has 6 aromatic heterocycles. The van der Waals surface area contributed by atoms with Crippen molar-refractivity contribution < 1.29 is 34.7 Å². The second-order valence-electron chi connectivity index (χ2n) is 29.2. The molecule has 0 bridgehead atoms. The number of hydrogen-bond donors (Lipinski definition) is 2. The maximum atomic E-state index is 12.2. The van der Waals surface area contributed by atoms with Gasteiger partial charge in [0.05, 0.1) is 34.9 Å². The third kappa shape index (κ3) is 17.7. The molecule has 0 radical (unpaired) electrons. The van der Waals surface area contributed by atoms with Gasteiger partial charge in [0.2, 0.25) is 29.1 Å². The number of nitrogens with zero attached hydrogens (tertiary/aromatic N) is 13. The first kappa shape index (κ1) is 69.0. The Morgan fingerprint density at radius 3 is 1.36 bits per heavy atom. The summed E-state index contributed by atoms with van der Waals surface area (Å²) in [4.78, 5) is 37.4. The Kier molecular flexibility index (Phi) is 21.5. The minimum absolute atomic E-state index is 0.0485. The zero-order chi connectivity index (χ0) is 64.4. The lowest BCUT2D eigenvalue weighted by Gasteiger charge is -2.51. The Balaban J connectivity index is 0.000000154. The number of fused-ring (bicyclic) bond motifs is 6. The topological polar surface area (TPSA) is 252 Å². The molecule has 2 N–H and O–H groups in total. The number of aromatic nitrogens is 9. The van der Waals surface area contributed by atoms with Crippen molar-refractivity contribution >= 4 is 106 Å². The number of rotatable bonds is 15. The molecule has 89 heavy (non-hydrogen) atoms. The monoisotopic (exact) mass is 1340 g/mol. The van der Waals surface area contributed by atoms with E-state index in [1.165, 1.54) is 37.9 Å². The van der Waals surface area contributed by atoms with E-state index >= 15 is 0 Å². The van der Waals surface area contributed by atoms with Gasteiger partial charge in [0.1, 0.15) is 66.8 Å². The molecule has 6 aromatic rings. The molecule has 0 saturated carbocycles. The fraction of sp³-hybridized carbons (Fsp3) is 0.700. The summed E-state index contributed by atoms with van der Waals surface area (Å²) >= 11 is 0. The Morgan fingerprint density at radius 2 is 0.933 bits per heavy atom. The van der Waals surface area contributed by atoms with Crippen molar-refractivity contribution in [2.75, 3.05) is 125 Å². The van der Waals surface area contributed by atoms with Gasteiger partial charge in [0.25, 0.3) is 0 Å². The molecule has 23 nitrogen and oxygen atoms in total. The van der Waals surface area contributed by atoms with Crippen LogP contribution in [0.1, 0.15) is 59.3 Å². The second-order valence-corrected chi connectivity index (χ2v) is 47.4. The first-order chi connectivity index (χ1) is 41.7. The number of ether oxygens (including phenoxy) is 2. The summed E-state index contributed by atoms with van der Waals surface area (Å²) in [6, 6.07) is 8.56. The molecule has 0 unspecified atom stereocenters. The van der Waals surface area contributed by atoms with Crippen LogP contribution in [0.5, 0.6) is 0 Å². The van der Waals surface area contributed by atoms with Crippen molar-refractivity contribution in [2.24, 2.45) is 34.0 Å². The van der Waals surface area contributed by atoms with Gasteiger partial charge in [0, 0.05) is 147 Å². The van der Waals surface area contributed by atoms with Crippen molar-refractivity contribution in [3.8, 4) is 0 Å². The first-order valence-electron chi connectivity index (χ1n) is 31.5. The van der Waals surface area contributed by atoms with E-state index in [0.717, 1.165) is 153 Å². The highest BCUT2D eigenvalue weighted by atomic mass is 35.7. The van der Waals surface area contributed by atoms with Crippen LogP contribution in [0, 0.1) is 34.0 Å². The van der Waals surface area contributed by atoms with Gasteiger partial charge in [-0.05, 0) is 93.1 Å². The molecule has 494 valence electrons. The Morgan fingerprint density at radius 1 is 0.539 bits per heavy atom. The molecule has 12 rings (SSSR count). The maximum Gasteiger partial charge on any atom is 0.229 e. The number of aromatic amines is 1. The number of halogens is 1. The Bertz CT molecular complexity index is 3730. The lowest BCUT2D eigenvalue weighted by Crippen LogP contribution is -2.57. The van der Waals surface area contributed by atoms with E-state index < -0.39 is 45.2 Å². The molecule has 6 saturated heterocycles. The molecule has 6 aliphatic rings. The molecule has 29 heteroatoms. The van der Waals surface area contributed by atoms with E-state index in [1.807, 2.05) is 23.0 Å². The lowest BCUT2D eigenvalue weighted by molar-refractivity contribution is 0.0679. The fourth-order valence-electron chi connectivity index (χ4n) is 14.2. The van der Waals surface area contributed by atoms with Gasteiger partial charge in [-0.1, -0.05) is 60.1 Å². The van der Waals surface area contributed by atoms with Gasteiger partial charge in [-0.2, -0.15) is 0 Å². The highest BCUT2D eigenvalue weighted by molar-refractivity contribution is 8.13. The van der Waals surface area contributed by atoms with Crippen LogP contribution in [0.3, 0.4) is 0 Å². The van der Waals surface area contributed by atoms with E-state index in [0.29, 0.717) is 56.9 Å². The molecule has 0 amide bonds. The van der Waals surface area contributed by atoms with Crippen LogP contribution in [0.25, 0.3) is 33.1 Å². The van der Waals surface area contributed by atoms with Crippen molar-refractivity contribution in [2.45, 2.75) is 124 Å². The summed E-state index contributed by atoms with van der Waals surface area (Å²) in [5.41, 5.74) is 2.90. The predicted molar refractivity (Wildman–Crippen MR) is 363 cm³/mol. The highest BCUT2D eigenvalue weighted by Gasteiger charge is 2.48. The normalized spacial score (nSPS) is 25.7. The number of sulfonamides is 2. The molecular formula is C60H98ClN15O8S3Si2. The average molecular weight is 1350 g/mol. The lowest BCUT2D eigenvalue weighted by atomic mass is 9.69. The maximum absolute atomic E-state index is 12.2. The summed E-state index contributed by atoms with van der Waals surface area (Å²) in [7, 11) is -7.17. The number of anilines is 3. The van der Waals surface area contributed by atoms with Crippen molar-refractivity contribution in [1.82, 2.24) is 57.9 Å². The van der Waals surface area contributed by atoms with Crippen molar-refractivity contribution in [3.05, 3.63) is 55.8 Å². The molecule has 6 aliphatic heterocycles. The van der Waals surface area contributed by atoms with Gasteiger partial charge >= 0.3 is 0 Å². The van der Waals surface area contributed by atoms with Gasteiger partial charge in [0.15, 0.2) is 0 Å².